The zero-order valence-electron chi connectivity index (χ0n) is 9.69. The largest absolute Gasteiger partial charge is 0.398 e. The van der Waals surface area contributed by atoms with Gasteiger partial charge in [0.2, 0.25) is 0 Å². The first-order chi connectivity index (χ1) is 8.15. The molecule has 17 heavy (non-hydrogen) atoms. The molecule has 0 aliphatic carbocycles. The third kappa shape index (κ3) is 3.56. The molecule has 0 atom stereocenters. The summed E-state index contributed by atoms with van der Waals surface area (Å²) >= 11 is 5.15. The predicted molar refractivity (Wildman–Crippen MR) is 78.0 cm³/mol. The Bertz CT molecular complexity index is 482. The summed E-state index contributed by atoms with van der Waals surface area (Å²) in [6.07, 6.45) is 0. The third-order valence-electron chi connectivity index (χ3n) is 2.58. The van der Waals surface area contributed by atoms with Crippen molar-refractivity contribution in [1.82, 2.24) is 4.90 Å². The second-order valence-electron chi connectivity index (χ2n) is 4.15. The van der Waals surface area contributed by atoms with Crippen LogP contribution in [0.2, 0.25) is 0 Å². The van der Waals surface area contributed by atoms with E-state index in [0.717, 1.165) is 23.2 Å². The van der Waals surface area contributed by atoms with E-state index in [1.165, 1.54) is 11.1 Å². The molecule has 0 bridgehead atoms. The molecule has 2 rings (SSSR count). The van der Waals surface area contributed by atoms with Gasteiger partial charge in [0.25, 0.3) is 0 Å². The molecule has 2 N–H and O–H groups in total. The van der Waals surface area contributed by atoms with Gasteiger partial charge in [-0.1, -0.05) is 22.0 Å². The highest BCUT2D eigenvalue weighted by Crippen LogP contribution is 2.20. The molecule has 0 radical (unpaired) electrons. The van der Waals surface area contributed by atoms with Crippen molar-refractivity contribution in [3.63, 3.8) is 0 Å². The first-order valence-corrected chi connectivity index (χ1v) is 7.12. The van der Waals surface area contributed by atoms with Crippen LogP contribution in [0.25, 0.3) is 0 Å². The van der Waals surface area contributed by atoms with E-state index >= 15 is 0 Å². The molecule has 0 saturated carbocycles. The molecule has 2 nitrogen and oxygen atoms in total. The number of hydrogen-bond donors (Lipinski definition) is 1. The quantitative estimate of drug-likeness (QED) is 0.872. The maximum atomic E-state index is 5.99. The van der Waals surface area contributed by atoms with Crippen LogP contribution in [-0.4, -0.2) is 11.9 Å². The number of rotatable bonds is 4. The van der Waals surface area contributed by atoms with Crippen LogP contribution < -0.4 is 5.73 Å². The minimum atomic E-state index is 0.844. The molecule has 1 heterocycles. The van der Waals surface area contributed by atoms with Gasteiger partial charge in [0.15, 0.2) is 0 Å². The number of thiophene rings is 1. The molecule has 0 fully saturated rings. The van der Waals surface area contributed by atoms with E-state index in [0.29, 0.717) is 0 Å². The summed E-state index contributed by atoms with van der Waals surface area (Å²) in [5, 5.41) is 4.29. The second kappa shape index (κ2) is 5.67. The molecule has 90 valence electrons. The Morgan fingerprint density at radius 1 is 1.29 bits per heavy atom. The second-order valence-corrected chi connectivity index (χ2v) is 5.84. The number of anilines is 1. The highest BCUT2D eigenvalue weighted by Gasteiger charge is 2.05. The molecule has 0 unspecified atom stereocenters. The Morgan fingerprint density at radius 2 is 2.12 bits per heavy atom. The van der Waals surface area contributed by atoms with E-state index in [1.807, 2.05) is 12.1 Å². The molecule has 0 saturated heterocycles. The fourth-order valence-electron chi connectivity index (χ4n) is 1.75. The summed E-state index contributed by atoms with van der Waals surface area (Å²) in [6, 6.07) is 8.22. The zero-order chi connectivity index (χ0) is 12.3. The molecule has 0 spiro atoms. The van der Waals surface area contributed by atoms with E-state index in [4.69, 9.17) is 5.73 Å². The van der Waals surface area contributed by atoms with Crippen molar-refractivity contribution in [3.8, 4) is 0 Å². The van der Waals surface area contributed by atoms with Crippen LogP contribution in [0.1, 0.15) is 11.1 Å². The van der Waals surface area contributed by atoms with E-state index in [-0.39, 0.29) is 0 Å². The molecule has 1 aromatic heterocycles. The van der Waals surface area contributed by atoms with Gasteiger partial charge in [0.1, 0.15) is 0 Å². The van der Waals surface area contributed by atoms with Gasteiger partial charge in [-0.15, -0.1) is 0 Å². The van der Waals surface area contributed by atoms with Crippen LogP contribution in [0.4, 0.5) is 5.69 Å². The normalized spacial score (nSPS) is 11.0. The zero-order valence-corrected chi connectivity index (χ0v) is 12.1. The van der Waals surface area contributed by atoms with Crippen molar-refractivity contribution in [3.05, 3.63) is 50.6 Å². The summed E-state index contributed by atoms with van der Waals surface area (Å²) in [4.78, 5) is 2.27. The van der Waals surface area contributed by atoms with Gasteiger partial charge in [-0.2, -0.15) is 11.3 Å². The average molecular weight is 311 g/mol. The lowest BCUT2D eigenvalue weighted by Gasteiger charge is -2.17. The van der Waals surface area contributed by atoms with Crippen LogP contribution in [0.3, 0.4) is 0 Å². The summed E-state index contributed by atoms with van der Waals surface area (Å²) in [7, 11) is 2.11. The molecule has 2 aromatic rings. The van der Waals surface area contributed by atoms with E-state index in [1.54, 1.807) is 11.3 Å². The Balaban J connectivity index is 2.00. The van der Waals surface area contributed by atoms with Crippen LogP contribution in [0.15, 0.2) is 39.5 Å². The van der Waals surface area contributed by atoms with Crippen molar-refractivity contribution in [1.29, 1.82) is 0 Å². The fraction of sp³-hybridized carbons (Fsp3) is 0.231. The number of nitrogen functional groups attached to an aromatic ring is 1. The Hall–Kier alpha value is -0.840. The first kappa shape index (κ1) is 12.6. The third-order valence-corrected chi connectivity index (χ3v) is 3.81. The van der Waals surface area contributed by atoms with Gasteiger partial charge < -0.3 is 5.73 Å². The van der Waals surface area contributed by atoms with Gasteiger partial charge in [0, 0.05) is 23.2 Å². The van der Waals surface area contributed by atoms with Gasteiger partial charge in [-0.05, 0) is 47.1 Å². The topological polar surface area (TPSA) is 29.3 Å². The van der Waals surface area contributed by atoms with Crippen LogP contribution in [0, 0.1) is 0 Å². The van der Waals surface area contributed by atoms with Gasteiger partial charge >= 0.3 is 0 Å². The lowest BCUT2D eigenvalue weighted by molar-refractivity contribution is 0.320. The van der Waals surface area contributed by atoms with E-state index in [9.17, 15) is 0 Å². The van der Waals surface area contributed by atoms with Crippen LogP contribution in [-0.2, 0) is 13.1 Å². The van der Waals surface area contributed by atoms with Crippen molar-refractivity contribution in [2.75, 3.05) is 12.8 Å². The molecule has 0 aliphatic heterocycles. The molecular formula is C13H15BrN2S. The van der Waals surface area contributed by atoms with E-state index < -0.39 is 0 Å². The smallest absolute Gasteiger partial charge is 0.0371 e. The van der Waals surface area contributed by atoms with Crippen LogP contribution in [0.5, 0.6) is 0 Å². The number of nitrogens with zero attached hydrogens (tertiary/aromatic N) is 1. The Kier molecular flexibility index (Phi) is 4.20. The predicted octanol–water partition coefficient (Wildman–Crippen LogP) is 3.72. The standard InChI is InChI=1S/C13H15BrN2S/c1-16(7-10-4-5-17-9-10)8-11-2-3-12(14)6-13(11)15/h2-6,9H,7-8,15H2,1H3. The monoisotopic (exact) mass is 310 g/mol. The van der Waals surface area contributed by atoms with Crippen LogP contribution >= 0.6 is 27.3 Å². The lowest BCUT2D eigenvalue weighted by atomic mass is 10.1. The van der Waals surface area contributed by atoms with Crippen molar-refractivity contribution < 1.29 is 0 Å². The minimum Gasteiger partial charge on any atom is -0.398 e. The Labute approximate surface area is 114 Å². The van der Waals surface area contributed by atoms with Crippen molar-refractivity contribution in [2.24, 2.45) is 0 Å². The summed E-state index contributed by atoms with van der Waals surface area (Å²) in [6.45, 7) is 1.83. The summed E-state index contributed by atoms with van der Waals surface area (Å²) < 4.78 is 1.03. The number of halogens is 1. The number of benzene rings is 1. The highest BCUT2D eigenvalue weighted by molar-refractivity contribution is 9.10. The molecule has 4 heteroatoms. The number of nitrogens with two attached hydrogens (primary N) is 1. The molecule has 0 amide bonds. The van der Waals surface area contributed by atoms with Crippen molar-refractivity contribution >= 4 is 33.0 Å². The number of hydrogen-bond acceptors (Lipinski definition) is 3. The molecule has 0 aliphatic rings. The minimum absolute atomic E-state index is 0.844. The average Bonchev–Trinajstić information content (AvgIpc) is 2.75. The van der Waals surface area contributed by atoms with Crippen molar-refractivity contribution in [2.45, 2.75) is 13.1 Å². The van der Waals surface area contributed by atoms with Gasteiger partial charge in [0.05, 0.1) is 0 Å². The van der Waals surface area contributed by atoms with E-state index in [2.05, 4.69) is 50.8 Å². The summed E-state index contributed by atoms with van der Waals surface area (Å²) in [5.41, 5.74) is 9.36. The molecular weight excluding hydrogens is 296 g/mol. The van der Waals surface area contributed by atoms with Gasteiger partial charge in [-0.25, -0.2) is 0 Å². The fourth-order valence-corrected chi connectivity index (χ4v) is 2.79. The molecule has 1 aromatic carbocycles. The Morgan fingerprint density at radius 3 is 2.76 bits per heavy atom. The first-order valence-electron chi connectivity index (χ1n) is 5.38. The maximum Gasteiger partial charge on any atom is 0.0371 e. The highest BCUT2D eigenvalue weighted by atomic mass is 79.9. The lowest BCUT2D eigenvalue weighted by Crippen LogP contribution is -2.17. The maximum absolute atomic E-state index is 5.99. The summed E-state index contributed by atoms with van der Waals surface area (Å²) in [5.74, 6) is 0. The van der Waals surface area contributed by atoms with Gasteiger partial charge in [-0.3, -0.25) is 4.90 Å². The SMILES string of the molecule is CN(Cc1ccsc1)Cc1ccc(Br)cc1N.